The van der Waals surface area contributed by atoms with Gasteiger partial charge in [-0.2, -0.15) is 0 Å². The van der Waals surface area contributed by atoms with Gasteiger partial charge in [-0.1, -0.05) is 61.5 Å². The maximum Gasteiger partial charge on any atom is 0.255 e. The van der Waals surface area contributed by atoms with Crippen molar-refractivity contribution in [3.8, 4) is 11.3 Å². The smallest absolute Gasteiger partial charge is 0.255 e. The fourth-order valence-electron chi connectivity index (χ4n) is 5.21. The number of fused-ring (bicyclic) bond motifs is 1. The molecule has 5 rings (SSSR count). The molecule has 2 unspecified atom stereocenters. The van der Waals surface area contributed by atoms with E-state index in [4.69, 9.17) is 4.52 Å². The van der Waals surface area contributed by atoms with Crippen molar-refractivity contribution in [2.75, 3.05) is 6.54 Å². The summed E-state index contributed by atoms with van der Waals surface area (Å²) in [6.07, 6.45) is 2.97. The van der Waals surface area contributed by atoms with Gasteiger partial charge in [-0.25, -0.2) is 0 Å². The summed E-state index contributed by atoms with van der Waals surface area (Å²) < 4.78 is 5.18. The topological polar surface area (TPSA) is 95.8 Å². The molecule has 186 valence electrons. The molecule has 1 N–H and O–H groups in total. The molecule has 0 bridgehead atoms. The lowest BCUT2D eigenvalue weighted by Gasteiger charge is -2.35. The van der Waals surface area contributed by atoms with Gasteiger partial charge >= 0.3 is 0 Å². The first-order chi connectivity index (χ1) is 17.4. The standard InChI is InChI=1S/C28H30N4O4/c1-18(2)25(32-17-21-6-3-4-7-22(21)27(32)34)28(35)31-15-5-8-23(31)26(33)29-16-19-9-11-20(12-10-19)24-13-14-30-36-24/h3-4,6-7,9-14,18,23,25H,5,8,15-17H2,1-2H3,(H,29,33). The number of nitrogens with zero attached hydrogens (tertiary/aromatic N) is 3. The Hall–Kier alpha value is -3.94. The van der Waals surface area contributed by atoms with Crippen molar-refractivity contribution in [2.24, 2.45) is 5.92 Å². The number of likely N-dealkylation sites (tertiary alicyclic amines) is 1. The molecule has 1 aromatic heterocycles. The second kappa shape index (κ2) is 9.97. The van der Waals surface area contributed by atoms with Crippen molar-refractivity contribution in [3.63, 3.8) is 0 Å². The van der Waals surface area contributed by atoms with Crippen molar-refractivity contribution < 1.29 is 18.9 Å². The highest BCUT2D eigenvalue weighted by atomic mass is 16.5. The number of aromatic nitrogens is 1. The van der Waals surface area contributed by atoms with Crippen LogP contribution in [-0.4, -0.2) is 51.3 Å². The Balaban J connectivity index is 1.25. The third-order valence-electron chi connectivity index (χ3n) is 7.05. The zero-order chi connectivity index (χ0) is 25.2. The van der Waals surface area contributed by atoms with Crippen LogP contribution in [0.4, 0.5) is 0 Å². The molecular weight excluding hydrogens is 456 g/mol. The Labute approximate surface area is 210 Å². The predicted molar refractivity (Wildman–Crippen MR) is 133 cm³/mol. The minimum absolute atomic E-state index is 0.0806. The number of carbonyl (C=O) groups excluding carboxylic acids is 3. The van der Waals surface area contributed by atoms with Gasteiger partial charge in [0, 0.05) is 36.8 Å². The third-order valence-corrected chi connectivity index (χ3v) is 7.05. The molecule has 2 aromatic carbocycles. The lowest BCUT2D eigenvalue weighted by Crippen LogP contribution is -2.55. The number of hydrogen-bond donors (Lipinski definition) is 1. The fraction of sp³-hybridized carbons (Fsp3) is 0.357. The molecular formula is C28H30N4O4. The molecule has 8 heteroatoms. The van der Waals surface area contributed by atoms with Gasteiger partial charge < -0.3 is 19.6 Å². The van der Waals surface area contributed by atoms with Gasteiger partial charge in [0.2, 0.25) is 11.8 Å². The van der Waals surface area contributed by atoms with E-state index in [0.717, 1.165) is 23.1 Å². The average Bonchev–Trinajstić information content (AvgIpc) is 3.64. The van der Waals surface area contributed by atoms with Crippen molar-refractivity contribution in [3.05, 3.63) is 77.5 Å². The van der Waals surface area contributed by atoms with Crippen LogP contribution in [0.3, 0.4) is 0 Å². The summed E-state index contributed by atoms with van der Waals surface area (Å²) in [7, 11) is 0. The minimum Gasteiger partial charge on any atom is -0.356 e. The van der Waals surface area contributed by atoms with Crippen LogP contribution in [-0.2, 0) is 22.7 Å². The Morgan fingerprint density at radius 1 is 1.11 bits per heavy atom. The number of rotatable bonds is 7. The van der Waals surface area contributed by atoms with Gasteiger partial charge in [0.25, 0.3) is 5.91 Å². The van der Waals surface area contributed by atoms with Crippen molar-refractivity contribution >= 4 is 17.7 Å². The fourth-order valence-corrected chi connectivity index (χ4v) is 5.21. The summed E-state index contributed by atoms with van der Waals surface area (Å²) in [5.74, 6) is 0.165. The van der Waals surface area contributed by atoms with Crippen molar-refractivity contribution in [2.45, 2.75) is 51.9 Å². The molecule has 2 atom stereocenters. The molecule has 2 aliphatic heterocycles. The summed E-state index contributed by atoms with van der Waals surface area (Å²) in [5, 5.41) is 6.71. The Kier molecular flexibility index (Phi) is 6.59. The van der Waals surface area contributed by atoms with Crippen LogP contribution in [0.25, 0.3) is 11.3 Å². The van der Waals surface area contributed by atoms with E-state index in [2.05, 4.69) is 10.5 Å². The lowest BCUT2D eigenvalue weighted by atomic mass is 10.0. The van der Waals surface area contributed by atoms with E-state index in [1.807, 2.05) is 62.4 Å². The molecule has 1 fully saturated rings. The van der Waals surface area contributed by atoms with Crippen molar-refractivity contribution in [1.29, 1.82) is 0 Å². The van der Waals surface area contributed by atoms with Crippen LogP contribution in [0.2, 0.25) is 0 Å². The van der Waals surface area contributed by atoms with Crippen LogP contribution in [0.5, 0.6) is 0 Å². The van der Waals surface area contributed by atoms with E-state index in [1.54, 1.807) is 22.1 Å². The predicted octanol–water partition coefficient (Wildman–Crippen LogP) is 3.63. The quantitative estimate of drug-likeness (QED) is 0.550. The lowest BCUT2D eigenvalue weighted by molar-refractivity contribution is -0.143. The van der Waals surface area contributed by atoms with Gasteiger partial charge in [0.15, 0.2) is 5.76 Å². The second-order valence-corrected chi connectivity index (χ2v) is 9.76. The van der Waals surface area contributed by atoms with Crippen LogP contribution in [0, 0.1) is 5.92 Å². The molecule has 3 heterocycles. The first-order valence-electron chi connectivity index (χ1n) is 12.4. The van der Waals surface area contributed by atoms with E-state index >= 15 is 0 Å². The normalized spacial score (nSPS) is 18.0. The maximum absolute atomic E-state index is 13.7. The largest absolute Gasteiger partial charge is 0.356 e. The van der Waals surface area contributed by atoms with Crippen LogP contribution in [0.1, 0.15) is 48.2 Å². The number of benzene rings is 2. The van der Waals surface area contributed by atoms with Gasteiger partial charge in [-0.3, -0.25) is 14.4 Å². The molecule has 0 spiro atoms. The molecule has 1 saturated heterocycles. The third kappa shape index (κ3) is 4.51. The summed E-state index contributed by atoms with van der Waals surface area (Å²) >= 11 is 0. The van der Waals surface area contributed by atoms with E-state index in [9.17, 15) is 14.4 Å². The van der Waals surface area contributed by atoms with Gasteiger partial charge in [-0.05, 0) is 36.0 Å². The SMILES string of the molecule is CC(C)C(C(=O)N1CCCC1C(=O)NCc1ccc(-c2ccno2)cc1)N1Cc2ccccc2C1=O. The Morgan fingerprint density at radius 3 is 2.58 bits per heavy atom. The number of amides is 3. The summed E-state index contributed by atoms with van der Waals surface area (Å²) in [6.45, 7) is 5.19. The number of carbonyl (C=O) groups is 3. The first kappa shape index (κ1) is 23.8. The summed E-state index contributed by atoms with van der Waals surface area (Å²) in [6, 6.07) is 15.8. The number of nitrogens with one attached hydrogen (secondary N) is 1. The molecule has 3 aromatic rings. The molecule has 3 amide bonds. The van der Waals surface area contributed by atoms with Crippen LogP contribution < -0.4 is 5.32 Å². The van der Waals surface area contributed by atoms with Crippen molar-refractivity contribution in [1.82, 2.24) is 20.3 Å². The second-order valence-electron chi connectivity index (χ2n) is 9.76. The Morgan fingerprint density at radius 2 is 1.89 bits per heavy atom. The van der Waals surface area contributed by atoms with E-state index in [1.165, 1.54) is 0 Å². The molecule has 0 saturated carbocycles. The van der Waals surface area contributed by atoms with E-state index in [0.29, 0.717) is 37.4 Å². The van der Waals surface area contributed by atoms with Gasteiger partial charge in [0.1, 0.15) is 12.1 Å². The minimum atomic E-state index is -0.609. The Bertz CT molecular complexity index is 1250. The maximum atomic E-state index is 13.7. The van der Waals surface area contributed by atoms with Gasteiger partial charge in [-0.15, -0.1) is 0 Å². The highest BCUT2D eigenvalue weighted by molar-refractivity contribution is 6.01. The monoisotopic (exact) mass is 486 g/mol. The summed E-state index contributed by atoms with van der Waals surface area (Å²) in [5.41, 5.74) is 3.45. The zero-order valence-electron chi connectivity index (χ0n) is 20.5. The first-order valence-corrected chi connectivity index (χ1v) is 12.4. The van der Waals surface area contributed by atoms with Crippen LogP contribution in [0.15, 0.2) is 65.3 Å². The zero-order valence-corrected chi connectivity index (χ0v) is 20.5. The molecule has 0 radical (unpaired) electrons. The highest BCUT2D eigenvalue weighted by Gasteiger charge is 2.43. The molecule has 36 heavy (non-hydrogen) atoms. The summed E-state index contributed by atoms with van der Waals surface area (Å²) in [4.78, 5) is 43.3. The number of hydrogen-bond acceptors (Lipinski definition) is 5. The molecule has 0 aliphatic carbocycles. The molecule has 8 nitrogen and oxygen atoms in total. The average molecular weight is 487 g/mol. The van der Waals surface area contributed by atoms with E-state index in [-0.39, 0.29) is 23.6 Å². The highest BCUT2D eigenvalue weighted by Crippen LogP contribution is 2.30. The van der Waals surface area contributed by atoms with Crippen LogP contribution >= 0.6 is 0 Å². The molecule has 2 aliphatic rings. The van der Waals surface area contributed by atoms with Gasteiger partial charge in [0.05, 0.1) is 6.20 Å². The van der Waals surface area contributed by atoms with E-state index < -0.39 is 12.1 Å².